The number of aliphatic hydroxyl groups excluding tert-OH is 1. The second kappa shape index (κ2) is 5.10. The predicted octanol–water partition coefficient (Wildman–Crippen LogP) is 0.539. The zero-order valence-electron chi connectivity index (χ0n) is 8.99. The third kappa shape index (κ3) is 2.47. The number of aliphatic hydroxyl groups is 1. The molecule has 0 aromatic rings. The molecule has 0 radical (unpaired) electrons. The topological polar surface area (TPSA) is 26.7 Å². The molecule has 2 rings (SSSR count). The fraction of sp³-hybridized carbons (Fsp3) is 1.00. The summed E-state index contributed by atoms with van der Waals surface area (Å²) in [7, 11) is 0. The molecule has 0 aromatic carbocycles. The summed E-state index contributed by atoms with van der Waals surface area (Å²) < 4.78 is 0. The fourth-order valence-corrected chi connectivity index (χ4v) is 2.76. The summed E-state index contributed by atoms with van der Waals surface area (Å²) in [6, 6.07) is 0.840. The van der Waals surface area contributed by atoms with Gasteiger partial charge in [0, 0.05) is 12.6 Å². The van der Waals surface area contributed by atoms with E-state index < -0.39 is 0 Å². The van der Waals surface area contributed by atoms with E-state index in [-0.39, 0.29) is 0 Å². The number of rotatable bonds is 3. The Bertz CT molecular complexity index is 161. The highest BCUT2D eigenvalue weighted by Crippen LogP contribution is 2.20. The number of β-amino-alcohol motifs (C(OH)–C–C–N with tert-alkyl or cyclic N) is 1. The van der Waals surface area contributed by atoms with E-state index in [0.717, 1.165) is 12.6 Å². The van der Waals surface area contributed by atoms with Gasteiger partial charge in [0.15, 0.2) is 0 Å². The molecule has 0 aromatic heterocycles. The van der Waals surface area contributed by atoms with E-state index in [0.29, 0.717) is 6.61 Å². The van der Waals surface area contributed by atoms with E-state index in [2.05, 4.69) is 9.80 Å². The minimum Gasteiger partial charge on any atom is -0.395 e. The van der Waals surface area contributed by atoms with E-state index in [1.165, 1.54) is 51.9 Å². The monoisotopic (exact) mass is 198 g/mol. The van der Waals surface area contributed by atoms with Gasteiger partial charge in [-0.25, -0.2) is 0 Å². The molecule has 3 nitrogen and oxygen atoms in total. The van der Waals surface area contributed by atoms with Crippen LogP contribution < -0.4 is 0 Å². The zero-order valence-corrected chi connectivity index (χ0v) is 8.99. The van der Waals surface area contributed by atoms with Crippen LogP contribution in [0.5, 0.6) is 0 Å². The summed E-state index contributed by atoms with van der Waals surface area (Å²) in [6.45, 7) is 6.19. The minimum atomic E-state index is 0.314. The molecule has 0 unspecified atom stereocenters. The second-order valence-corrected chi connectivity index (χ2v) is 4.54. The number of piperidine rings is 1. The maximum atomic E-state index is 8.84. The Morgan fingerprint density at radius 3 is 2.21 bits per heavy atom. The molecule has 2 aliphatic rings. The van der Waals surface area contributed by atoms with Crippen LogP contribution in [-0.4, -0.2) is 60.3 Å². The van der Waals surface area contributed by atoms with Crippen LogP contribution in [0.25, 0.3) is 0 Å². The van der Waals surface area contributed by atoms with E-state index in [4.69, 9.17) is 5.11 Å². The number of hydrogen-bond donors (Lipinski definition) is 1. The van der Waals surface area contributed by atoms with Crippen molar-refractivity contribution in [3.63, 3.8) is 0 Å². The fourth-order valence-electron chi connectivity index (χ4n) is 2.76. The molecule has 0 amide bonds. The molecule has 82 valence electrons. The largest absolute Gasteiger partial charge is 0.395 e. The highest BCUT2D eigenvalue weighted by atomic mass is 16.3. The molecule has 0 aliphatic carbocycles. The molecule has 0 saturated carbocycles. The molecule has 2 fully saturated rings. The highest BCUT2D eigenvalue weighted by Gasteiger charge is 2.25. The average Bonchev–Trinajstić information content (AvgIpc) is 2.72. The van der Waals surface area contributed by atoms with Crippen LogP contribution in [-0.2, 0) is 0 Å². The van der Waals surface area contributed by atoms with Crippen molar-refractivity contribution in [3.05, 3.63) is 0 Å². The lowest BCUT2D eigenvalue weighted by molar-refractivity contribution is 0.111. The van der Waals surface area contributed by atoms with E-state index >= 15 is 0 Å². The predicted molar refractivity (Wildman–Crippen MR) is 57.4 cm³/mol. The van der Waals surface area contributed by atoms with Gasteiger partial charge in [-0.05, 0) is 51.9 Å². The maximum absolute atomic E-state index is 8.84. The van der Waals surface area contributed by atoms with Gasteiger partial charge in [0.2, 0.25) is 0 Å². The van der Waals surface area contributed by atoms with Crippen molar-refractivity contribution in [2.45, 2.75) is 31.7 Å². The Balaban J connectivity index is 1.72. The third-order valence-electron chi connectivity index (χ3n) is 3.63. The van der Waals surface area contributed by atoms with E-state index in [9.17, 15) is 0 Å². The van der Waals surface area contributed by atoms with Gasteiger partial charge in [0.05, 0.1) is 6.61 Å². The molecular formula is C11H22N2O. The maximum Gasteiger partial charge on any atom is 0.0558 e. The van der Waals surface area contributed by atoms with Gasteiger partial charge in [-0.2, -0.15) is 0 Å². The van der Waals surface area contributed by atoms with Gasteiger partial charge < -0.3 is 14.9 Å². The lowest BCUT2D eigenvalue weighted by Gasteiger charge is -2.36. The molecular weight excluding hydrogens is 176 g/mol. The molecule has 0 atom stereocenters. The van der Waals surface area contributed by atoms with Gasteiger partial charge in [0.1, 0.15) is 0 Å². The first-order chi connectivity index (χ1) is 6.90. The van der Waals surface area contributed by atoms with Gasteiger partial charge in [0.25, 0.3) is 0 Å². The SMILES string of the molecule is OCCN1CCC(N2CCCC2)CC1. The number of nitrogens with zero attached hydrogens (tertiary/aromatic N) is 2. The van der Waals surface area contributed by atoms with Crippen molar-refractivity contribution >= 4 is 0 Å². The van der Waals surface area contributed by atoms with Crippen LogP contribution in [0.3, 0.4) is 0 Å². The number of hydrogen-bond acceptors (Lipinski definition) is 3. The van der Waals surface area contributed by atoms with Gasteiger partial charge in [-0.15, -0.1) is 0 Å². The summed E-state index contributed by atoms with van der Waals surface area (Å²) in [5, 5.41) is 8.84. The minimum absolute atomic E-state index is 0.314. The lowest BCUT2D eigenvalue weighted by atomic mass is 10.0. The average molecular weight is 198 g/mol. The molecule has 14 heavy (non-hydrogen) atoms. The Morgan fingerprint density at radius 2 is 1.64 bits per heavy atom. The van der Waals surface area contributed by atoms with Crippen molar-refractivity contribution in [1.29, 1.82) is 0 Å². The van der Waals surface area contributed by atoms with Crippen molar-refractivity contribution in [2.75, 3.05) is 39.3 Å². The molecule has 1 N–H and O–H groups in total. The first-order valence-corrected chi connectivity index (χ1v) is 5.97. The summed E-state index contributed by atoms with van der Waals surface area (Å²) in [5.74, 6) is 0. The summed E-state index contributed by atoms with van der Waals surface area (Å²) >= 11 is 0. The van der Waals surface area contributed by atoms with Crippen LogP contribution in [0.15, 0.2) is 0 Å². The first kappa shape index (κ1) is 10.4. The second-order valence-electron chi connectivity index (χ2n) is 4.54. The Kier molecular flexibility index (Phi) is 3.79. The van der Waals surface area contributed by atoms with E-state index in [1.807, 2.05) is 0 Å². The molecule has 2 saturated heterocycles. The summed E-state index contributed by atoms with van der Waals surface area (Å²) in [5.41, 5.74) is 0. The van der Waals surface area contributed by atoms with Gasteiger partial charge >= 0.3 is 0 Å². The standard InChI is InChI=1S/C11H22N2O/c14-10-9-12-7-3-11(4-8-12)13-5-1-2-6-13/h11,14H,1-10H2. The normalized spacial score (nSPS) is 27.2. The van der Waals surface area contributed by atoms with Crippen LogP contribution in [0, 0.1) is 0 Å². The Morgan fingerprint density at radius 1 is 1.00 bits per heavy atom. The first-order valence-electron chi connectivity index (χ1n) is 5.97. The van der Waals surface area contributed by atoms with Crippen molar-refractivity contribution in [2.24, 2.45) is 0 Å². The van der Waals surface area contributed by atoms with E-state index in [1.54, 1.807) is 0 Å². The van der Waals surface area contributed by atoms with Crippen molar-refractivity contribution < 1.29 is 5.11 Å². The highest BCUT2D eigenvalue weighted by molar-refractivity contribution is 4.82. The summed E-state index contributed by atoms with van der Waals surface area (Å²) in [6.07, 6.45) is 5.41. The van der Waals surface area contributed by atoms with Crippen molar-refractivity contribution in [3.8, 4) is 0 Å². The van der Waals surface area contributed by atoms with Gasteiger partial charge in [-0.1, -0.05) is 0 Å². The molecule has 0 spiro atoms. The van der Waals surface area contributed by atoms with Crippen LogP contribution in [0.4, 0.5) is 0 Å². The van der Waals surface area contributed by atoms with Gasteiger partial charge in [-0.3, -0.25) is 0 Å². The van der Waals surface area contributed by atoms with Crippen LogP contribution in [0.2, 0.25) is 0 Å². The Labute approximate surface area is 86.7 Å². The van der Waals surface area contributed by atoms with Crippen molar-refractivity contribution in [1.82, 2.24) is 9.80 Å². The smallest absolute Gasteiger partial charge is 0.0558 e. The Hall–Kier alpha value is -0.120. The van der Waals surface area contributed by atoms with Crippen LogP contribution in [0.1, 0.15) is 25.7 Å². The molecule has 2 aliphatic heterocycles. The third-order valence-corrected chi connectivity index (χ3v) is 3.63. The molecule has 0 bridgehead atoms. The number of likely N-dealkylation sites (tertiary alicyclic amines) is 2. The quantitative estimate of drug-likeness (QED) is 0.717. The van der Waals surface area contributed by atoms with Crippen LogP contribution >= 0.6 is 0 Å². The zero-order chi connectivity index (χ0) is 9.80. The molecule has 2 heterocycles. The lowest BCUT2D eigenvalue weighted by Crippen LogP contribution is -2.44. The summed E-state index contributed by atoms with van der Waals surface area (Å²) in [4.78, 5) is 5.04. The molecule has 3 heteroatoms.